The van der Waals surface area contributed by atoms with Gasteiger partial charge in [0.15, 0.2) is 0 Å². The van der Waals surface area contributed by atoms with Crippen LogP contribution in [0.25, 0.3) is 21.9 Å². The molecule has 1 heteroatoms. The zero-order chi connectivity index (χ0) is 11.1. The number of fused-ring (bicyclic) bond motifs is 3. The van der Waals surface area contributed by atoms with Gasteiger partial charge < -0.3 is 4.42 Å². The van der Waals surface area contributed by atoms with Crippen molar-refractivity contribution in [2.75, 3.05) is 0 Å². The third-order valence-electron chi connectivity index (χ3n) is 3.18. The highest BCUT2D eigenvalue weighted by molar-refractivity contribution is 6.06. The molecule has 0 saturated carbocycles. The summed E-state index contributed by atoms with van der Waals surface area (Å²) < 4.78 is 6.01. The molecule has 0 spiro atoms. The second kappa shape index (κ2) is 3.38. The summed E-state index contributed by atoms with van der Waals surface area (Å²) in [5.74, 6) is 0. The number of benzene rings is 2. The maximum atomic E-state index is 6.01. The van der Waals surface area contributed by atoms with E-state index in [1.807, 2.05) is 0 Å². The van der Waals surface area contributed by atoms with E-state index in [-0.39, 0.29) is 0 Å². The van der Waals surface area contributed by atoms with E-state index in [0.717, 1.165) is 17.6 Å². The Morgan fingerprint density at radius 3 is 2.38 bits per heavy atom. The largest absolute Gasteiger partial charge is 0.455 e. The predicted octanol–water partition coefficient (Wildman–Crippen LogP) is 4.46. The molecule has 0 fully saturated rings. The zero-order valence-electron chi connectivity index (χ0n) is 9.58. The average Bonchev–Trinajstić information content (AvgIpc) is 2.69. The third-order valence-corrected chi connectivity index (χ3v) is 3.18. The summed E-state index contributed by atoms with van der Waals surface area (Å²) in [6.45, 7) is 4.26. The van der Waals surface area contributed by atoms with Crippen LogP contribution in [0.2, 0.25) is 0 Å². The summed E-state index contributed by atoms with van der Waals surface area (Å²) in [5.41, 5.74) is 4.57. The minimum absolute atomic E-state index is 1.01. The van der Waals surface area contributed by atoms with Crippen LogP contribution in [0.15, 0.2) is 40.8 Å². The highest BCUT2D eigenvalue weighted by Crippen LogP contribution is 2.32. The predicted molar refractivity (Wildman–Crippen MR) is 67.8 cm³/mol. The van der Waals surface area contributed by atoms with Crippen molar-refractivity contribution in [2.45, 2.75) is 20.3 Å². The highest BCUT2D eigenvalue weighted by Gasteiger charge is 2.10. The van der Waals surface area contributed by atoms with Crippen LogP contribution >= 0.6 is 0 Å². The van der Waals surface area contributed by atoms with Gasteiger partial charge in [-0.15, -0.1) is 0 Å². The fraction of sp³-hybridized carbons (Fsp3) is 0.200. The highest BCUT2D eigenvalue weighted by atomic mass is 16.3. The molecule has 0 atom stereocenters. The molecule has 3 rings (SSSR count). The summed E-state index contributed by atoms with van der Waals surface area (Å²) in [4.78, 5) is 0. The molecule has 0 unspecified atom stereocenters. The Morgan fingerprint density at radius 2 is 1.62 bits per heavy atom. The first-order chi connectivity index (χ1) is 7.81. The Labute approximate surface area is 94.7 Å². The van der Waals surface area contributed by atoms with E-state index in [1.165, 1.54) is 21.9 Å². The lowest BCUT2D eigenvalue weighted by atomic mass is 10.1. The first kappa shape index (κ1) is 9.46. The molecule has 0 bridgehead atoms. The van der Waals surface area contributed by atoms with Crippen LogP contribution in [0.5, 0.6) is 0 Å². The summed E-state index contributed by atoms with van der Waals surface area (Å²) in [5, 5.41) is 2.46. The standard InChI is InChI=1S/C15H14O/c1-3-11-7-5-9-13-12-8-4-6-10(2)14(12)16-15(11)13/h4-9H,3H2,1-2H3. The lowest BCUT2D eigenvalue weighted by molar-refractivity contribution is 0.660. The summed E-state index contributed by atoms with van der Waals surface area (Å²) >= 11 is 0. The van der Waals surface area contributed by atoms with Crippen LogP contribution in [-0.2, 0) is 6.42 Å². The monoisotopic (exact) mass is 210 g/mol. The SMILES string of the molecule is CCc1cccc2c1oc1c(C)cccc12. The van der Waals surface area contributed by atoms with Crippen molar-refractivity contribution in [3.8, 4) is 0 Å². The lowest BCUT2D eigenvalue weighted by Gasteiger charge is -1.95. The molecule has 16 heavy (non-hydrogen) atoms. The fourth-order valence-electron chi connectivity index (χ4n) is 2.30. The van der Waals surface area contributed by atoms with Gasteiger partial charge in [0.1, 0.15) is 11.2 Å². The van der Waals surface area contributed by atoms with Crippen molar-refractivity contribution < 1.29 is 4.42 Å². The Morgan fingerprint density at radius 1 is 0.938 bits per heavy atom. The Bertz CT molecular complexity index is 662. The number of para-hydroxylation sites is 2. The first-order valence-corrected chi connectivity index (χ1v) is 5.71. The van der Waals surface area contributed by atoms with Crippen molar-refractivity contribution in [3.63, 3.8) is 0 Å². The molecule has 0 radical (unpaired) electrons. The van der Waals surface area contributed by atoms with Gasteiger partial charge >= 0.3 is 0 Å². The molecule has 80 valence electrons. The third kappa shape index (κ3) is 1.18. The fourth-order valence-corrected chi connectivity index (χ4v) is 2.30. The van der Waals surface area contributed by atoms with E-state index in [2.05, 4.69) is 50.2 Å². The summed E-state index contributed by atoms with van der Waals surface area (Å²) in [6, 6.07) is 12.7. The van der Waals surface area contributed by atoms with Crippen LogP contribution in [0.3, 0.4) is 0 Å². The maximum absolute atomic E-state index is 6.01. The molecule has 0 aliphatic rings. The van der Waals surface area contributed by atoms with Gasteiger partial charge in [0, 0.05) is 10.8 Å². The molecule has 1 aromatic heterocycles. The number of furan rings is 1. The molecule has 0 N–H and O–H groups in total. The molecule has 0 aliphatic heterocycles. The van der Waals surface area contributed by atoms with E-state index >= 15 is 0 Å². The molecule has 1 heterocycles. The molecular formula is C15H14O. The van der Waals surface area contributed by atoms with E-state index in [9.17, 15) is 0 Å². The number of rotatable bonds is 1. The van der Waals surface area contributed by atoms with Crippen LogP contribution in [-0.4, -0.2) is 0 Å². The van der Waals surface area contributed by atoms with Crippen LogP contribution < -0.4 is 0 Å². The summed E-state index contributed by atoms with van der Waals surface area (Å²) in [7, 11) is 0. The van der Waals surface area contributed by atoms with Gasteiger partial charge in [-0.3, -0.25) is 0 Å². The molecule has 0 saturated heterocycles. The second-order valence-electron chi connectivity index (χ2n) is 4.20. The van der Waals surface area contributed by atoms with Crippen LogP contribution in [0.1, 0.15) is 18.1 Å². The van der Waals surface area contributed by atoms with E-state index in [0.29, 0.717) is 0 Å². The topological polar surface area (TPSA) is 13.1 Å². The molecule has 3 aromatic rings. The molecule has 1 nitrogen and oxygen atoms in total. The molecular weight excluding hydrogens is 196 g/mol. The van der Waals surface area contributed by atoms with Gasteiger partial charge in [-0.05, 0) is 24.5 Å². The van der Waals surface area contributed by atoms with Gasteiger partial charge in [-0.1, -0.05) is 43.3 Å². The van der Waals surface area contributed by atoms with Gasteiger partial charge in [-0.25, -0.2) is 0 Å². The number of hydrogen-bond donors (Lipinski definition) is 0. The average molecular weight is 210 g/mol. The van der Waals surface area contributed by atoms with Crippen molar-refractivity contribution >= 4 is 21.9 Å². The molecule has 2 aromatic carbocycles. The maximum Gasteiger partial charge on any atom is 0.138 e. The number of hydrogen-bond acceptors (Lipinski definition) is 1. The first-order valence-electron chi connectivity index (χ1n) is 5.71. The second-order valence-corrected chi connectivity index (χ2v) is 4.20. The van der Waals surface area contributed by atoms with Crippen molar-refractivity contribution in [1.29, 1.82) is 0 Å². The Balaban J connectivity index is 2.55. The van der Waals surface area contributed by atoms with Gasteiger partial charge in [0.2, 0.25) is 0 Å². The normalized spacial score (nSPS) is 11.4. The number of aryl methyl sites for hydroxylation is 2. The molecule has 0 amide bonds. The quantitative estimate of drug-likeness (QED) is 0.578. The van der Waals surface area contributed by atoms with E-state index in [4.69, 9.17) is 4.42 Å². The van der Waals surface area contributed by atoms with E-state index in [1.54, 1.807) is 0 Å². The van der Waals surface area contributed by atoms with Crippen LogP contribution in [0, 0.1) is 6.92 Å². The van der Waals surface area contributed by atoms with Gasteiger partial charge in [-0.2, -0.15) is 0 Å². The smallest absolute Gasteiger partial charge is 0.138 e. The van der Waals surface area contributed by atoms with Gasteiger partial charge in [0.25, 0.3) is 0 Å². The van der Waals surface area contributed by atoms with Crippen LogP contribution in [0.4, 0.5) is 0 Å². The van der Waals surface area contributed by atoms with Crippen molar-refractivity contribution in [3.05, 3.63) is 47.5 Å². The van der Waals surface area contributed by atoms with E-state index < -0.39 is 0 Å². The summed E-state index contributed by atoms with van der Waals surface area (Å²) in [6.07, 6.45) is 1.01. The Hall–Kier alpha value is -1.76. The molecule has 0 aliphatic carbocycles. The minimum Gasteiger partial charge on any atom is -0.455 e. The van der Waals surface area contributed by atoms with Crippen molar-refractivity contribution in [1.82, 2.24) is 0 Å². The van der Waals surface area contributed by atoms with Crippen molar-refractivity contribution in [2.24, 2.45) is 0 Å². The van der Waals surface area contributed by atoms with Gasteiger partial charge in [0.05, 0.1) is 0 Å². The minimum atomic E-state index is 1.01. The Kier molecular flexibility index (Phi) is 2.00. The zero-order valence-corrected chi connectivity index (χ0v) is 9.58. The lowest BCUT2D eigenvalue weighted by Crippen LogP contribution is -1.78.